The van der Waals surface area contributed by atoms with Crippen LogP contribution in [0.25, 0.3) is 5.69 Å². The maximum absolute atomic E-state index is 12.5. The van der Waals surface area contributed by atoms with Crippen LogP contribution in [0, 0.1) is 0 Å². The second-order valence-corrected chi connectivity index (χ2v) is 5.46. The Labute approximate surface area is 114 Å². The number of hydrogen-bond donors (Lipinski definition) is 1. The third kappa shape index (κ3) is 2.36. The van der Waals surface area contributed by atoms with Crippen LogP contribution in [-0.2, 0) is 0 Å². The maximum Gasteiger partial charge on any atom is 0.266 e. The number of hydrogen-bond acceptors (Lipinski definition) is 6. The van der Waals surface area contributed by atoms with Crippen LogP contribution in [0.3, 0.4) is 0 Å². The van der Waals surface area contributed by atoms with E-state index in [1.54, 1.807) is 0 Å². The number of nitrogens with two attached hydrogens (primary N) is 1. The Kier molecular flexibility index (Phi) is 3.26. The lowest BCUT2D eigenvalue weighted by Gasteiger charge is -2.30. The van der Waals surface area contributed by atoms with E-state index in [4.69, 9.17) is 5.73 Å². The fourth-order valence-electron chi connectivity index (χ4n) is 2.25. The third-order valence-corrected chi connectivity index (χ3v) is 4.07. The van der Waals surface area contributed by atoms with Gasteiger partial charge in [-0.05, 0) is 34.7 Å². The third-order valence-electron chi connectivity index (χ3n) is 3.18. The molecule has 0 saturated carbocycles. The van der Waals surface area contributed by atoms with Crippen molar-refractivity contribution in [2.45, 2.75) is 18.9 Å². The lowest BCUT2D eigenvalue weighted by atomic mass is 10.1. The highest BCUT2D eigenvalue weighted by Gasteiger charge is 2.25. The number of amides is 1. The van der Waals surface area contributed by atoms with Gasteiger partial charge in [-0.25, -0.2) is 0 Å². The molecule has 0 spiro atoms. The molecule has 2 N–H and O–H groups in total. The summed E-state index contributed by atoms with van der Waals surface area (Å²) >= 11 is 1.40. The first-order valence-electron chi connectivity index (χ1n) is 6.11. The van der Waals surface area contributed by atoms with E-state index in [0.717, 1.165) is 25.1 Å². The molecule has 0 radical (unpaired) electrons. The first-order valence-corrected chi connectivity index (χ1v) is 6.99. The van der Waals surface area contributed by atoms with Gasteiger partial charge in [-0.1, -0.05) is 0 Å². The minimum absolute atomic E-state index is 0.00986. The lowest BCUT2D eigenvalue weighted by molar-refractivity contribution is 0.0713. The summed E-state index contributed by atoms with van der Waals surface area (Å²) in [6.07, 6.45) is 3.42. The summed E-state index contributed by atoms with van der Waals surface area (Å²) < 4.78 is 1.51. The molecule has 1 atom stereocenters. The van der Waals surface area contributed by atoms with Gasteiger partial charge in [0.05, 0.1) is 5.69 Å². The number of rotatable bonds is 2. The zero-order chi connectivity index (χ0) is 13.2. The summed E-state index contributed by atoms with van der Waals surface area (Å²) in [6, 6.07) is 1.92. The van der Waals surface area contributed by atoms with Crippen LogP contribution in [0.4, 0.5) is 0 Å². The van der Waals surface area contributed by atoms with Crippen molar-refractivity contribution in [2.24, 2.45) is 5.73 Å². The molecule has 1 fully saturated rings. The van der Waals surface area contributed by atoms with Gasteiger partial charge in [-0.3, -0.25) is 4.79 Å². The second kappa shape index (κ2) is 5.06. The van der Waals surface area contributed by atoms with Crippen LogP contribution in [0.1, 0.15) is 22.5 Å². The molecule has 0 aromatic carbocycles. The Bertz CT molecular complexity index is 566. The van der Waals surface area contributed by atoms with Gasteiger partial charge in [0, 0.05) is 19.1 Å². The fraction of sp³-hybridized carbons (Fsp3) is 0.455. The molecule has 1 aliphatic rings. The van der Waals surface area contributed by atoms with Crippen molar-refractivity contribution in [1.82, 2.24) is 25.1 Å². The molecule has 19 heavy (non-hydrogen) atoms. The van der Waals surface area contributed by atoms with Crippen LogP contribution >= 0.6 is 11.3 Å². The molecule has 100 valence electrons. The van der Waals surface area contributed by atoms with Gasteiger partial charge >= 0.3 is 0 Å². The Morgan fingerprint density at radius 2 is 2.42 bits per heavy atom. The lowest BCUT2D eigenvalue weighted by Crippen LogP contribution is -2.45. The first kappa shape index (κ1) is 12.2. The molecule has 2 aromatic heterocycles. The quantitative estimate of drug-likeness (QED) is 0.852. The van der Waals surface area contributed by atoms with Gasteiger partial charge in [0.15, 0.2) is 0 Å². The number of piperidine rings is 1. The van der Waals surface area contributed by atoms with Crippen molar-refractivity contribution < 1.29 is 4.79 Å². The van der Waals surface area contributed by atoms with Crippen LogP contribution < -0.4 is 5.73 Å². The smallest absolute Gasteiger partial charge is 0.266 e. The SMILES string of the molecule is NC1CCCN(C(=O)c2sccc2-n2cnnn2)C1. The van der Waals surface area contributed by atoms with E-state index in [2.05, 4.69) is 15.5 Å². The van der Waals surface area contributed by atoms with Gasteiger partial charge in [0.25, 0.3) is 5.91 Å². The maximum atomic E-state index is 12.5. The van der Waals surface area contributed by atoms with Crippen molar-refractivity contribution >= 4 is 17.2 Å². The largest absolute Gasteiger partial charge is 0.336 e. The molecule has 1 aliphatic heterocycles. The van der Waals surface area contributed by atoms with Gasteiger partial charge < -0.3 is 10.6 Å². The molecule has 0 aliphatic carbocycles. The minimum atomic E-state index is 0.00986. The van der Waals surface area contributed by atoms with E-state index >= 15 is 0 Å². The van der Waals surface area contributed by atoms with Crippen LogP contribution in [0.15, 0.2) is 17.8 Å². The molecule has 1 amide bonds. The van der Waals surface area contributed by atoms with E-state index in [-0.39, 0.29) is 11.9 Å². The zero-order valence-corrected chi connectivity index (χ0v) is 11.1. The summed E-state index contributed by atoms with van der Waals surface area (Å²) in [4.78, 5) is 15.0. The topological polar surface area (TPSA) is 89.9 Å². The summed E-state index contributed by atoms with van der Waals surface area (Å²) in [7, 11) is 0. The molecular weight excluding hydrogens is 264 g/mol. The van der Waals surface area contributed by atoms with Crippen LogP contribution in [0.2, 0.25) is 0 Å². The van der Waals surface area contributed by atoms with Gasteiger partial charge in [0.2, 0.25) is 0 Å². The molecule has 2 aromatic rings. The summed E-state index contributed by atoms with van der Waals surface area (Å²) in [5.41, 5.74) is 6.64. The molecular formula is C11H14N6OS. The normalized spacial score (nSPS) is 19.6. The van der Waals surface area contributed by atoms with Gasteiger partial charge in [-0.2, -0.15) is 4.68 Å². The van der Waals surface area contributed by atoms with E-state index in [0.29, 0.717) is 11.4 Å². The van der Waals surface area contributed by atoms with Crippen LogP contribution in [0.5, 0.6) is 0 Å². The molecule has 0 bridgehead atoms. The van der Waals surface area contributed by atoms with Gasteiger partial charge in [-0.15, -0.1) is 16.4 Å². The fourth-order valence-corrected chi connectivity index (χ4v) is 3.10. The summed E-state index contributed by atoms with van der Waals surface area (Å²) in [5, 5.41) is 12.9. The highest BCUT2D eigenvalue weighted by atomic mass is 32.1. The number of aromatic nitrogens is 4. The van der Waals surface area contributed by atoms with Crippen molar-refractivity contribution in [1.29, 1.82) is 0 Å². The van der Waals surface area contributed by atoms with E-state index in [1.807, 2.05) is 16.3 Å². The molecule has 1 saturated heterocycles. The van der Waals surface area contributed by atoms with E-state index in [1.165, 1.54) is 22.3 Å². The molecule has 7 nitrogen and oxygen atoms in total. The molecule has 3 heterocycles. The van der Waals surface area contributed by atoms with E-state index < -0.39 is 0 Å². The highest BCUT2D eigenvalue weighted by molar-refractivity contribution is 7.12. The van der Waals surface area contributed by atoms with Crippen molar-refractivity contribution in [2.75, 3.05) is 13.1 Å². The number of tetrazole rings is 1. The average molecular weight is 278 g/mol. The Morgan fingerprint density at radius 1 is 1.53 bits per heavy atom. The predicted octanol–water partition coefficient (Wildman–Crippen LogP) is 0.287. The number of carbonyl (C=O) groups excluding carboxylic acids is 1. The highest BCUT2D eigenvalue weighted by Crippen LogP contribution is 2.23. The second-order valence-electron chi connectivity index (χ2n) is 4.54. The molecule has 3 rings (SSSR count). The first-order chi connectivity index (χ1) is 9.25. The standard InChI is InChI=1S/C11H14N6OS/c12-8-2-1-4-16(6-8)11(18)10-9(3-5-19-10)17-7-13-14-15-17/h3,5,7-8H,1-2,4,6,12H2. The summed E-state index contributed by atoms with van der Waals surface area (Å²) in [6.45, 7) is 1.38. The zero-order valence-electron chi connectivity index (χ0n) is 10.3. The van der Waals surface area contributed by atoms with Crippen molar-refractivity contribution in [3.05, 3.63) is 22.7 Å². The van der Waals surface area contributed by atoms with E-state index in [9.17, 15) is 4.79 Å². The number of likely N-dealkylation sites (tertiary alicyclic amines) is 1. The predicted molar refractivity (Wildman–Crippen MR) is 70.1 cm³/mol. The van der Waals surface area contributed by atoms with Crippen molar-refractivity contribution in [3.63, 3.8) is 0 Å². The summed E-state index contributed by atoms with van der Waals surface area (Å²) in [5.74, 6) is 0.00986. The molecule has 1 unspecified atom stereocenters. The van der Waals surface area contributed by atoms with Gasteiger partial charge in [0.1, 0.15) is 11.2 Å². The Hall–Kier alpha value is -1.80. The number of thiophene rings is 1. The number of nitrogens with zero attached hydrogens (tertiary/aromatic N) is 5. The molecule has 8 heteroatoms. The van der Waals surface area contributed by atoms with Crippen LogP contribution in [-0.4, -0.2) is 50.1 Å². The Morgan fingerprint density at radius 3 is 3.16 bits per heavy atom. The minimum Gasteiger partial charge on any atom is -0.336 e. The average Bonchev–Trinajstić information content (AvgIpc) is 3.08. The number of carbonyl (C=O) groups is 1. The van der Waals surface area contributed by atoms with Crippen molar-refractivity contribution in [3.8, 4) is 5.69 Å². The monoisotopic (exact) mass is 278 g/mol. The Balaban J connectivity index is 1.86.